The van der Waals surface area contributed by atoms with Gasteiger partial charge in [-0.15, -0.1) is 0 Å². The van der Waals surface area contributed by atoms with Gasteiger partial charge in [0, 0.05) is 19.8 Å². The molecule has 1 rings (SSSR count). The van der Waals surface area contributed by atoms with Crippen LogP contribution < -0.4 is 10.6 Å². The third kappa shape index (κ3) is 2.90. The Kier molecular flexibility index (Phi) is 4.20. The van der Waals surface area contributed by atoms with E-state index in [1.54, 1.807) is 13.1 Å². The Morgan fingerprint density at radius 3 is 2.81 bits per heavy atom. The minimum atomic E-state index is -0.425. The maximum absolute atomic E-state index is 9.35. The van der Waals surface area contributed by atoms with Crippen LogP contribution in [0.2, 0.25) is 0 Å². The molecule has 88 valence electrons. The molecule has 3 N–H and O–H groups in total. The summed E-state index contributed by atoms with van der Waals surface area (Å²) in [6.45, 7) is 4.16. The van der Waals surface area contributed by atoms with Gasteiger partial charge in [0.25, 0.3) is 0 Å². The van der Waals surface area contributed by atoms with Gasteiger partial charge >= 0.3 is 0 Å². The van der Waals surface area contributed by atoms with E-state index in [0.29, 0.717) is 17.4 Å². The highest BCUT2D eigenvalue weighted by Crippen LogP contribution is 2.19. The third-order valence-corrected chi connectivity index (χ3v) is 2.49. The summed E-state index contributed by atoms with van der Waals surface area (Å²) in [6, 6.07) is 1.87. The van der Waals surface area contributed by atoms with E-state index in [9.17, 15) is 5.11 Å². The summed E-state index contributed by atoms with van der Waals surface area (Å²) < 4.78 is 0. The van der Waals surface area contributed by atoms with Crippen molar-refractivity contribution in [1.29, 1.82) is 0 Å². The molecular formula is C11H17N3OS. The summed E-state index contributed by atoms with van der Waals surface area (Å²) in [7, 11) is 1.86. The Morgan fingerprint density at radius 1 is 1.69 bits per heavy atom. The van der Waals surface area contributed by atoms with E-state index in [-0.39, 0.29) is 0 Å². The van der Waals surface area contributed by atoms with E-state index in [2.05, 4.69) is 4.98 Å². The second-order valence-electron chi connectivity index (χ2n) is 3.92. The molecule has 1 aromatic rings. The lowest BCUT2D eigenvalue weighted by molar-refractivity contribution is 0.201. The van der Waals surface area contributed by atoms with E-state index in [1.807, 2.05) is 24.9 Å². The predicted molar refractivity (Wildman–Crippen MR) is 69.8 cm³/mol. The molecule has 0 aliphatic heterocycles. The number of hydrogen-bond donors (Lipinski definition) is 2. The summed E-state index contributed by atoms with van der Waals surface area (Å²) in [5.41, 5.74) is 7.46. The molecule has 16 heavy (non-hydrogen) atoms. The second kappa shape index (κ2) is 5.23. The van der Waals surface area contributed by atoms with Crippen molar-refractivity contribution in [3.63, 3.8) is 0 Å². The molecule has 0 radical (unpaired) electrons. The standard InChI is InChI=1S/C11H17N3OS/c1-7-4-5-13-11(9(7)10(12)16)14(3)6-8(2)15/h4-5,8,15H,6H2,1-3H3,(H2,12,16). The summed E-state index contributed by atoms with van der Waals surface area (Å²) in [5.74, 6) is 0.716. The monoisotopic (exact) mass is 239 g/mol. The molecule has 1 heterocycles. The van der Waals surface area contributed by atoms with Gasteiger partial charge in [-0.25, -0.2) is 4.98 Å². The summed E-state index contributed by atoms with van der Waals surface area (Å²) in [4.78, 5) is 6.45. The van der Waals surface area contributed by atoms with Crippen molar-refractivity contribution in [2.24, 2.45) is 5.73 Å². The normalized spacial score (nSPS) is 12.2. The molecule has 4 nitrogen and oxygen atoms in total. The van der Waals surface area contributed by atoms with Crippen LogP contribution >= 0.6 is 12.2 Å². The number of aliphatic hydroxyl groups excluding tert-OH is 1. The molecule has 0 aliphatic rings. The quantitative estimate of drug-likeness (QED) is 0.762. The smallest absolute Gasteiger partial charge is 0.138 e. The van der Waals surface area contributed by atoms with Gasteiger partial charge < -0.3 is 15.7 Å². The SMILES string of the molecule is Cc1ccnc(N(C)CC(C)O)c1C(N)=S. The first-order valence-corrected chi connectivity index (χ1v) is 5.49. The molecule has 0 aromatic carbocycles. The number of thiocarbonyl (C=S) groups is 1. The van der Waals surface area contributed by atoms with Crippen molar-refractivity contribution in [2.45, 2.75) is 20.0 Å². The Morgan fingerprint density at radius 2 is 2.31 bits per heavy atom. The highest BCUT2D eigenvalue weighted by molar-refractivity contribution is 7.80. The van der Waals surface area contributed by atoms with E-state index < -0.39 is 6.10 Å². The van der Waals surface area contributed by atoms with E-state index in [4.69, 9.17) is 18.0 Å². The van der Waals surface area contributed by atoms with Gasteiger partial charge in [-0.3, -0.25) is 0 Å². The zero-order valence-corrected chi connectivity index (χ0v) is 10.6. The number of hydrogen-bond acceptors (Lipinski definition) is 4. The molecule has 1 unspecified atom stereocenters. The Labute approximate surface area is 101 Å². The molecule has 1 aromatic heterocycles. The van der Waals surface area contributed by atoms with Crippen LogP contribution in [0.25, 0.3) is 0 Å². The molecule has 0 fully saturated rings. The van der Waals surface area contributed by atoms with Crippen LogP contribution in [-0.4, -0.2) is 34.8 Å². The molecule has 0 bridgehead atoms. The first-order valence-electron chi connectivity index (χ1n) is 5.08. The number of aliphatic hydroxyl groups is 1. The molecule has 0 aliphatic carbocycles. The fraction of sp³-hybridized carbons (Fsp3) is 0.455. The van der Waals surface area contributed by atoms with Crippen molar-refractivity contribution in [3.8, 4) is 0 Å². The van der Waals surface area contributed by atoms with Gasteiger partial charge in [-0.2, -0.15) is 0 Å². The van der Waals surface area contributed by atoms with Crippen LogP contribution in [0.3, 0.4) is 0 Å². The third-order valence-electron chi connectivity index (χ3n) is 2.29. The van der Waals surface area contributed by atoms with Gasteiger partial charge in [-0.05, 0) is 25.5 Å². The predicted octanol–water partition coefficient (Wildman–Crippen LogP) is 0.841. The highest BCUT2D eigenvalue weighted by Gasteiger charge is 2.14. The first kappa shape index (κ1) is 12.9. The zero-order chi connectivity index (χ0) is 12.3. The van der Waals surface area contributed by atoms with E-state index >= 15 is 0 Å². The summed E-state index contributed by atoms with van der Waals surface area (Å²) in [6.07, 6.45) is 1.29. The Balaban J connectivity index is 3.12. The molecule has 1 atom stereocenters. The van der Waals surface area contributed by atoms with Gasteiger partial charge in [0.05, 0.1) is 11.7 Å². The van der Waals surface area contributed by atoms with Crippen molar-refractivity contribution in [1.82, 2.24) is 4.98 Å². The van der Waals surface area contributed by atoms with Crippen LogP contribution in [0.15, 0.2) is 12.3 Å². The first-order chi connectivity index (χ1) is 7.43. The molecule has 5 heteroatoms. The maximum atomic E-state index is 9.35. The number of aryl methyl sites for hydroxylation is 1. The zero-order valence-electron chi connectivity index (χ0n) is 9.77. The minimum Gasteiger partial charge on any atom is -0.392 e. The van der Waals surface area contributed by atoms with Gasteiger partial charge in [0.1, 0.15) is 10.8 Å². The molecule has 0 saturated carbocycles. The second-order valence-corrected chi connectivity index (χ2v) is 4.36. The molecule has 0 saturated heterocycles. The van der Waals surface area contributed by atoms with E-state index in [0.717, 1.165) is 11.1 Å². The summed E-state index contributed by atoms with van der Waals surface area (Å²) >= 11 is 5.02. The Hall–Kier alpha value is -1.20. The van der Waals surface area contributed by atoms with Crippen molar-refractivity contribution < 1.29 is 5.11 Å². The average molecular weight is 239 g/mol. The van der Waals surface area contributed by atoms with E-state index in [1.165, 1.54) is 0 Å². The lowest BCUT2D eigenvalue weighted by Crippen LogP contribution is -2.30. The largest absolute Gasteiger partial charge is 0.392 e. The number of likely N-dealkylation sites (N-methyl/N-ethyl adjacent to an activating group) is 1. The van der Waals surface area contributed by atoms with Crippen molar-refractivity contribution >= 4 is 23.0 Å². The lowest BCUT2D eigenvalue weighted by atomic mass is 10.1. The number of pyridine rings is 1. The van der Waals surface area contributed by atoms with Gasteiger partial charge in [0.2, 0.25) is 0 Å². The number of aromatic nitrogens is 1. The molecular weight excluding hydrogens is 222 g/mol. The van der Waals surface area contributed by atoms with Crippen LogP contribution in [0.4, 0.5) is 5.82 Å². The number of rotatable bonds is 4. The van der Waals surface area contributed by atoms with Crippen LogP contribution in [-0.2, 0) is 0 Å². The van der Waals surface area contributed by atoms with Crippen molar-refractivity contribution in [2.75, 3.05) is 18.5 Å². The fourth-order valence-electron chi connectivity index (χ4n) is 1.62. The van der Waals surface area contributed by atoms with Crippen LogP contribution in [0.5, 0.6) is 0 Å². The van der Waals surface area contributed by atoms with Crippen LogP contribution in [0, 0.1) is 6.92 Å². The minimum absolute atomic E-state index is 0.332. The number of nitrogens with two attached hydrogens (primary N) is 1. The molecule has 0 amide bonds. The maximum Gasteiger partial charge on any atom is 0.138 e. The fourth-order valence-corrected chi connectivity index (χ4v) is 1.87. The number of nitrogens with zero attached hydrogens (tertiary/aromatic N) is 2. The number of anilines is 1. The van der Waals surface area contributed by atoms with Gasteiger partial charge in [-0.1, -0.05) is 12.2 Å². The van der Waals surface area contributed by atoms with Gasteiger partial charge in [0.15, 0.2) is 0 Å². The topological polar surface area (TPSA) is 62.4 Å². The molecule has 0 spiro atoms. The van der Waals surface area contributed by atoms with Crippen LogP contribution in [0.1, 0.15) is 18.1 Å². The average Bonchev–Trinajstić information content (AvgIpc) is 2.15. The van der Waals surface area contributed by atoms with Crippen molar-refractivity contribution in [3.05, 3.63) is 23.4 Å². The highest BCUT2D eigenvalue weighted by atomic mass is 32.1. The Bertz CT molecular complexity index is 393. The lowest BCUT2D eigenvalue weighted by Gasteiger charge is -2.23. The summed E-state index contributed by atoms with van der Waals surface area (Å²) in [5, 5.41) is 9.35.